The van der Waals surface area contributed by atoms with Gasteiger partial charge in [0.05, 0.1) is 11.7 Å². The fraction of sp³-hybridized carbons (Fsp3) is 0.647. The molecule has 0 saturated heterocycles. The minimum Gasteiger partial charge on any atom is -0.393 e. The lowest BCUT2D eigenvalue weighted by Crippen LogP contribution is -2.30. The van der Waals surface area contributed by atoms with Crippen molar-refractivity contribution < 1.29 is 9.84 Å². The summed E-state index contributed by atoms with van der Waals surface area (Å²) in [7, 11) is 1.74. The Kier molecular flexibility index (Phi) is 4.64. The summed E-state index contributed by atoms with van der Waals surface area (Å²) in [4.78, 5) is 0. The van der Waals surface area contributed by atoms with E-state index in [1.165, 1.54) is 11.1 Å². The molecule has 2 nitrogen and oxygen atoms in total. The lowest BCUT2D eigenvalue weighted by Gasteiger charge is -2.31. The smallest absolute Gasteiger partial charge is 0.0623 e. The molecule has 1 aliphatic rings. The van der Waals surface area contributed by atoms with Crippen molar-refractivity contribution in [2.24, 2.45) is 5.92 Å². The number of ether oxygens (including phenoxy) is 1. The predicted molar refractivity (Wildman–Crippen MR) is 78.3 cm³/mol. The zero-order chi connectivity index (χ0) is 13.9. The van der Waals surface area contributed by atoms with Crippen LogP contribution in [-0.2, 0) is 17.6 Å². The summed E-state index contributed by atoms with van der Waals surface area (Å²) in [6, 6.07) is 8.62. The Morgan fingerprint density at radius 3 is 2.68 bits per heavy atom. The van der Waals surface area contributed by atoms with Gasteiger partial charge < -0.3 is 9.84 Å². The zero-order valence-corrected chi connectivity index (χ0v) is 12.4. The van der Waals surface area contributed by atoms with E-state index in [2.05, 4.69) is 38.1 Å². The van der Waals surface area contributed by atoms with Crippen LogP contribution in [0.5, 0.6) is 0 Å². The standard InChI is InChI=1S/C17H26O2/c1-17(2,19-3)11-10-16(18)15-9-8-13-6-4-5-7-14(13)12-15/h4-7,15-16,18H,8-12H2,1-3H3. The Morgan fingerprint density at radius 2 is 2.00 bits per heavy atom. The second-order valence-corrected chi connectivity index (χ2v) is 6.34. The topological polar surface area (TPSA) is 29.5 Å². The van der Waals surface area contributed by atoms with Gasteiger partial charge in [-0.3, -0.25) is 0 Å². The highest BCUT2D eigenvalue weighted by molar-refractivity contribution is 5.29. The van der Waals surface area contributed by atoms with Crippen molar-refractivity contribution in [2.75, 3.05) is 7.11 Å². The molecule has 1 aromatic rings. The summed E-state index contributed by atoms with van der Waals surface area (Å²) in [6.45, 7) is 4.16. The van der Waals surface area contributed by atoms with Crippen LogP contribution in [0.25, 0.3) is 0 Å². The van der Waals surface area contributed by atoms with Gasteiger partial charge in [-0.15, -0.1) is 0 Å². The Labute approximate surface area is 116 Å². The van der Waals surface area contributed by atoms with Gasteiger partial charge in [0.2, 0.25) is 0 Å². The molecule has 0 spiro atoms. The molecule has 0 saturated carbocycles. The molecule has 0 amide bonds. The maximum atomic E-state index is 10.4. The normalized spacial score (nSPS) is 20.9. The van der Waals surface area contributed by atoms with E-state index in [0.717, 1.165) is 32.1 Å². The Balaban J connectivity index is 1.90. The quantitative estimate of drug-likeness (QED) is 0.881. The molecule has 106 valence electrons. The number of hydrogen-bond donors (Lipinski definition) is 1. The van der Waals surface area contributed by atoms with E-state index in [0.29, 0.717) is 5.92 Å². The van der Waals surface area contributed by atoms with E-state index >= 15 is 0 Å². The summed E-state index contributed by atoms with van der Waals surface area (Å²) in [5, 5.41) is 10.4. The van der Waals surface area contributed by atoms with Crippen molar-refractivity contribution in [2.45, 2.75) is 57.7 Å². The number of rotatable bonds is 5. The van der Waals surface area contributed by atoms with Crippen molar-refractivity contribution in [3.63, 3.8) is 0 Å². The van der Waals surface area contributed by atoms with Crippen molar-refractivity contribution >= 4 is 0 Å². The van der Waals surface area contributed by atoms with Crippen molar-refractivity contribution in [3.8, 4) is 0 Å². The van der Waals surface area contributed by atoms with Crippen LogP contribution in [0.15, 0.2) is 24.3 Å². The Morgan fingerprint density at radius 1 is 1.32 bits per heavy atom. The summed E-state index contributed by atoms with van der Waals surface area (Å²) in [6.07, 6.45) is 4.75. The summed E-state index contributed by atoms with van der Waals surface area (Å²) >= 11 is 0. The first-order valence-corrected chi connectivity index (χ1v) is 7.32. The van der Waals surface area contributed by atoms with Gasteiger partial charge in [0.15, 0.2) is 0 Å². The predicted octanol–water partition coefficient (Wildman–Crippen LogP) is 3.36. The van der Waals surface area contributed by atoms with Gasteiger partial charge in [-0.2, -0.15) is 0 Å². The number of benzene rings is 1. The molecule has 2 unspecified atom stereocenters. The molecular formula is C17H26O2. The van der Waals surface area contributed by atoms with E-state index in [4.69, 9.17) is 4.74 Å². The van der Waals surface area contributed by atoms with Gasteiger partial charge in [0, 0.05) is 7.11 Å². The number of aryl methyl sites for hydroxylation is 1. The third-order valence-corrected chi connectivity index (χ3v) is 4.52. The maximum absolute atomic E-state index is 10.4. The fourth-order valence-corrected chi connectivity index (χ4v) is 2.89. The van der Waals surface area contributed by atoms with Crippen molar-refractivity contribution in [1.82, 2.24) is 0 Å². The number of hydrogen-bond acceptors (Lipinski definition) is 2. The monoisotopic (exact) mass is 262 g/mol. The molecule has 1 N–H and O–H groups in total. The average molecular weight is 262 g/mol. The van der Waals surface area contributed by atoms with Gasteiger partial charge in [0.1, 0.15) is 0 Å². The lowest BCUT2D eigenvalue weighted by atomic mass is 9.79. The molecule has 0 radical (unpaired) electrons. The highest BCUT2D eigenvalue weighted by atomic mass is 16.5. The molecule has 0 bridgehead atoms. The van der Waals surface area contributed by atoms with E-state index in [-0.39, 0.29) is 11.7 Å². The average Bonchev–Trinajstić information content (AvgIpc) is 2.44. The highest BCUT2D eigenvalue weighted by Gasteiger charge is 2.26. The van der Waals surface area contributed by atoms with Crippen LogP contribution in [-0.4, -0.2) is 23.9 Å². The van der Waals surface area contributed by atoms with E-state index in [1.807, 2.05) is 0 Å². The molecule has 2 rings (SSSR count). The summed E-state index contributed by atoms with van der Waals surface area (Å²) in [5.41, 5.74) is 2.75. The summed E-state index contributed by atoms with van der Waals surface area (Å²) < 4.78 is 5.42. The molecule has 0 aliphatic heterocycles. The highest BCUT2D eigenvalue weighted by Crippen LogP contribution is 2.30. The maximum Gasteiger partial charge on any atom is 0.0623 e. The zero-order valence-electron chi connectivity index (χ0n) is 12.4. The molecule has 1 aromatic carbocycles. The van der Waals surface area contributed by atoms with Gasteiger partial charge in [-0.05, 0) is 63.0 Å². The first kappa shape index (κ1) is 14.5. The van der Waals surface area contributed by atoms with Crippen LogP contribution < -0.4 is 0 Å². The molecule has 2 heteroatoms. The van der Waals surface area contributed by atoms with Gasteiger partial charge in [0.25, 0.3) is 0 Å². The first-order valence-electron chi connectivity index (χ1n) is 7.32. The van der Waals surface area contributed by atoms with E-state index < -0.39 is 0 Å². The van der Waals surface area contributed by atoms with Crippen molar-refractivity contribution in [1.29, 1.82) is 0 Å². The molecule has 0 aromatic heterocycles. The van der Waals surface area contributed by atoms with Crippen LogP contribution in [0, 0.1) is 5.92 Å². The first-order chi connectivity index (χ1) is 9.02. The van der Waals surface area contributed by atoms with Crippen LogP contribution in [0.3, 0.4) is 0 Å². The molecule has 0 fully saturated rings. The molecule has 2 atom stereocenters. The number of aliphatic hydroxyl groups is 1. The van der Waals surface area contributed by atoms with Crippen molar-refractivity contribution in [3.05, 3.63) is 35.4 Å². The largest absolute Gasteiger partial charge is 0.393 e. The van der Waals surface area contributed by atoms with Crippen LogP contribution >= 0.6 is 0 Å². The third-order valence-electron chi connectivity index (χ3n) is 4.52. The van der Waals surface area contributed by atoms with E-state index in [9.17, 15) is 5.11 Å². The number of methoxy groups -OCH3 is 1. The van der Waals surface area contributed by atoms with Gasteiger partial charge in [-0.1, -0.05) is 24.3 Å². The minimum absolute atomic E-state index is 0.131. The third kappa shape index (κ3) is 3.80. The Hall–Kier alpha value is -0.860. The minimum atomic E-state index is -0.206. The van der Waals surface area contributed by atoms with Crippen LogP contribution in [0.2, 0.25) is 0 Å². The SMILES string of the molecule is COC(C)(C)CCC(O)C1CCc2ccccc2C1. The molecular weight excluding hydrogens is 236 g/mol. The fourth-order valence-electron chi connectivity index (χ4n) is 2.89. The van der Waals surface area contributed by atoms with Gasteiger partial charge in [-0.25, -0.2) is 0 Å². The van der Waals surface area contributed by atoms with E-state index in [1.54, 1.807) is 7.11 Å². The lowest BCUT2D eigenvalue weighted by molar-refractivity contribution is -0.00517. The molecule has 19 heavy (non-hydrogen) atoms. The summed E-state index contributed by atoms with van der Waals surface area (Å²) in [5.74, 6) is 0.405. The van der Waals surface area contributed by atoms with Crippen LogP contribution in [0.4, 0.5) is 0 Å². The second-order valence-electron chi connectivity index (χ2n) is 6.34. The Bertz CT molecular complexity index is 411. The number of aliphatic hydroxyl groups excluding tert-OH is 1. The molecule has 0 heterocycles. The van der Waals surface area contributed by atoms with Gasteiger partial charge >= 0.3 is 0 Å². The molecule has 1 aliphatic carbocycles. The number of fused-ring (bicyclic) bond motifs is 1. The second kappa shape index (κ2) is 6.06. The van der Waals surface area contributed by atoms with Crippen LogP contribution in [0.1, 0.15) is 44.2 Å².